The van der Waals surface area contributed by atoms with Crippen LogP contribution in [0.1, 0.15) is 39.5 Å². The van der Waals surface area contributed by atoms with Crippen LogP contribution in [0, 0.1) is 5.92 Å². The van der Waals surface area contributed by atoms with E-state index >= 15 is 0 Å². The Balaban J connectivity index is 2.67. The summed E-state index contributed by atoms with van der Waals surface area (Å²) in [6.07, 6.45) is 2.30. The number of amides is 4. The number of nitrogens with zero attached hydrogens (tertiary/aromatic N) is 1. The first-order valence-electron chi connectivity index (χ1n) is 8.59. The predicted octanol–water partition coefficient (Wildman–Crippen LogP) is 0.212. The lowest BCUT2D eigenvalue weighted by atomic mass is 10.0. The summed E-state index contributed by atoms with van der Waals surface area (Å²) in [7, 11) is -4.87. The molecule has 1 aliphatic heterocycles. The maximum atomic E-state index is 12.5. The van der Waals surface area contributed by atoms with Crippen molar-refractivity contribution in [2.24, 2.45) is 5.92 Å². The third kappa shape index (κ3) is 8.32. The van der Waals surface area contributed by atoms with Gasteiger partial charge < -0.3 is 4.90 Å². The van der Waals surface area contributed by atoms with E-state index in [1.54, 1.807) is 31.1 Å². The first-order valence-corrected chi connectivity index (χ1v) is 11.1. The van der Waals surface area contributed by atoms with Crippen LogP contribution in [-0.2, 0) is 24.3 Å². The molecule has 0 saturated carbocycles. The number of rotatable bonds is 8. The highest BCUT2D eigenvalue weighted by molar-refractivity contribution is 7.99. The summed E-state index contributed by atoms with van der Waals surface area (Å²) >= 11 is 1.78. The van der Waals surface area contributed by atoms with Gasteiger partial charge in [-0.15, -0.1) is 4.28 Å². The van der Waals surface area contributed by atoms with E-state index in [9.17, 15) is 22.8 Å². The number of carbonyl (C=O) groups excluding carboxylic acids is 3. The highest BCUT2D eigenvalue weighted by Gasteiger charge is 2.30. The van der Waals surface area contributed by atoms with Crippen LogP contribution in [0.4, 0.5) is 4.79 Å². The minimum Gasteiger partial charge on any atom is -0.311 e. The Hall–Kier alpha value is -1.57. The van der Waals surface area contributed by atoms with Gasteiger partial charge in [0.25, 0.3) is 5.91 Å². The molecule has 0 aliphatic carbocycles. The largest absolute Gasteiger partial charge is 0.418 e. The van der Waals surface area contributed by atoms with Gasteiger partial charge in [0, 0.05) is 12.5 Å². The molecule has 0 spiro atoms. The number of hydrogen-bond acceptors (Lipinski definition) is 7. The van der Waals surface area contributed by atoms with Crippen molar-refractivity contribution in [1.82, 2.24) is 21.2 Å². The summed E-state index contributed by atoms with van der Waals surface area (Å²) in [5.74, 6) is 0.731. The Kier molecular flexibility index (Phi) is 9.83. The van der Waals surface area contributed by atoms with Gasteiger partial charge in [0.05, 0.1) is 0 Å². The van der Waals surface area contributed by atoms with Gasteiger partial charge in [-0.3, -0.25) is 25.0 Å². The molecule has 1 rings (SSSR count). The van der Waals surface area contributed by atoms with Crippen molar-refractivity contribution in [3.63, 3.8) is 0 Å². The molecule has 0 bridgehead atoms. The van der Waals surface area contributed by atoms with E-state index in [2.05, 4.69) is 15.1 Å². The highest BCUT2D eigenvalue weighted by atomic mass is 32.3. The van der Waals surface area contributed by atoms with Crippen molar-refractivity contribution in [3.8, 4) is 0 Å². The van der Waals surface area contributed by atoms with Gasteiger partial charge in [-0.2, -0.15) is 25.7 Å². The molecule has 1 aliphatic rings. The van der Waals surface area contributed by atoms with E-state index in [1.807, 2.05) is 0 Å². The van der Waals surface area contributed by atoms with Crippen molar-refractivity contribution in [2.75, 3.05) is 18.1 Å². The minimum absolute atomic E-state index is 0.0621. The number of urea groups is 1. The zero-order chi connectivity index (χ0) is 20.4. The molecule has 1 heterocycles. The number of hydrogen-bond donors (Lipinski definition) is 4. The number of likely N-dealkylation sites (N-methyl/N-ethyl adjacent to an activating group) is 1. The van der Waals surface area contributed by atoms with Gasteiger partial charge in [-0.1, -0.05) is 13.3 Å². The number of nitrogens with one attached hydrogen (secondary N) is 3. The number of thioether (sulfide) groups is 1. The summed E-state index contributed by atoms with van der Waals surface area (Å²) < 4.78 is 33.5. The minimum atomic E-state index is -4.87. The van der Waals surface area contributed by atoms with Gasteiger partial charge >= 0.3 is 16.4 Å². The topological polar surface area (TPSA) is 154 Å². The molecule has 4 N–H and O–H groups in total. The maximum Gasteiger partial charge on any atom is 0.418 e. The summed E-state index contributed by atoms with van der Waals surface area (Å²) in [6.45, 7) is 3.45. The monoisotopic (exact) mass is 426 g/mol. The molecule has 0 aromatic heterocycles. The Morgan fingerprint density at radius 2 is 1.85 bits per heavy atom. The maximum absolute atomic E-state index is 12.5. The smallest absolute Gasteiger partial charge is 0.311 e. The number of hydrazine groups is 1. The summed E-state index contributed by atoms with van der Waals surface area (Å²) in [6, 6.07) is -1.98. The average molecular weight is 427 g/mol. The molecule has 0 unspecified atom stereocenters. The van der Waals surface area contributed by atoms with E-state index in [0.717, 1.165) is 29.2 Å². The fraction of sp³-hybridized carbons (Fsp3) is 0.786. The standard InChI is InChI=1S/C14H26N4O7S2/c1-3-5-11(18(4-2)14(21)17-25-27(22,23)24)13(20)16-15-12(19)10-6-8-26-9-7-10/h10-11H,3-9H2,1-2H3,(H,15,19)(H,16,20)(H,17,21)(H,22,23,24)/t11-/m0/s1. The summed E-state index contributed by atoms with van der Waals surface area (Å²) in [5, 5.41) is 0. The molecular formula is C14H26N4O7S2. The van der Waals surface area contributed by atoms with Crippen LogP contribution in [0.5, 0.6) is 0 Å². The normalized spacial score (nSPS) is 16.3. The van der Waals surface area contributed by atoms with Crippen LogP contribution in [0.2, 0.25) is 0 Å². The van der Waals surface area contributed by atoms with E-state index in [1.165, 1.54) is 0 Å². The van der Waals surface area contributed by atoms with Crippen molar-refractivity contribution in [3.05, 3.63) is 0 Å². The lowest BCUT2D eigenvalue weighted by Gasteiger charge is -2.29. The van der Waals surface area contributed by atoms with Crippen molar-refractivity contribution in [2.45, 2.75) is 45.6 Å². The van der Waals surface area contributed by atoms with Crippen molar-refractivity contribution < 1.29 is 31.6 Å². The Labute approximate surface area is 162 Å². The van der Waals surface area contributed by atoms with Crippen molar-refractivity contribution >= 4 is 40.0 Å². The SMILES string of the molecule is CCC[C@@H](C(=O)NNC(=O)C1CCSCC1)N(CC)C(=O)NOS(=O)(=O)O. The van der Waals surface area contributed by atoms with E-state index in [-0.39, 0.29) is 24.8 Å². The lowest BCUT2D eigenvalue weighted by molar-refractivity contribution is -0.133. The van der Waals surface area contributed by atoms with E-state index in [4.69, 9.17) is 4.55 Å². The van der Waals surface area contributed by atoms with Gasteiger partial charge in [-0.25, -0.2) is 4.79 Å². The van der Waals surface area contributed by atoms with Crippen LogP contribution in [-0.4, -0.2) is 59.8 Å². The molecule has 27 heavy (non-hydrogen) atoms. The first kappa shape index (κ1) is 23.5. The van der Waals surface area contributed by atoms with Gasteiger partial charge in [0.2, 0.25) is 5.91 Å². The van der Waals surface area contributed by atoms with Crippen LogP contribution in [0.15, 0.2) is 0 Å². The molecule has 4 amide bonds. The van der Waals surface area contributed by atoms with Gasteiger partial charge in [0.15, 0.2) is 0 Å². The fourth-order valence-electron chi connectivity index (χ4n) is 2.62. The van der Waals surface area contributed by atoms with E-state index < -0.39 is 28.4 Å². The van der Waals surface area contributed by atoms with Crippen LogP contribution in [0.3, 0.4) is 0 Å². The molecule has 1 saturated heterocycles. The molecule has 0 radical (unpaired) electrons. The zero-order valence-corrected chi connectivity index (χ0v) is 16.9. The molecule has 11 nitrogen and oxygen atoms in total. The van der Waals surface area contributed by atoms with Gasteiger partial charge in [0.1, 0.15) is 6.04 Å². The molecule has 1 fully saturated rings. The van der Waals surface area contributed by atoms with Crippen LogP contribution >= 0.6 is 11.8 Å². The third-order valence-corrected chi connectivity index (χ3v) is 5.32. The van der Waals surface area contributed by atoms with Crippen molar-refractivity contribution in [1.29, 1.82) is 0 Å². The molecule has 13 heteroatoms. The second kappa shape index (κ2) is 11.3. The summed E-state index contributed by atoms with van der Waals surface area (Å²) in [5.41, 5.74) is 6.29. The number of hydroxylamine groups is 1. The molecular weight excluding hydrogens is 400 g/mol. The number of carbonyl (C=O) groups is 3. The molecule has 156 valence electrons. The highest BCUT2D eigenvalue weighted by Crippen LogP contribution is 2.22. The van der Waals surface area contributed by atoms with Gasteiger partial charge in [-0.05, 0) is 37.7 Å². The predicted molar refractivity (Wildman–Crippen MR) is 98.6 cm³/mol. The first-order chi connectivity index (χ1) is 12.7. The summed E-state index contributed by atoms with van der Waals surface area (Å²) in [4.78, 5) is 37.7. The quantitative estimate of drug-likeness (QED) is 0.317. The lowest BCUT2D eigenvalue weighted by Crippen LogP contribution is -2.56. The second-order valence-electron chi connectivity index (χ2n) is 5.87. The zero-order valence-electron chi connectivity index (χ0n) is 15.3. The average Bonchev–Trinajstić information content (AvgIpc) is 2.64. The second-order valence-corrected chi connectivity index (χ2v) is 8.12. The Morgan fingerprint density at radius 1 is 1.22 bits per heavy atom. The fourth-order valence-corrected chi connectivity index (χ4v) is 3.91. The van der Waals surface area contributed by atoms with E-state index in [0.29, 0.717) is 6.42 Å². The Morgan fingerprint density at radius 3 is 2.37 bits per heavy atom. The molecule has 1 atom stereocenters. The molecule has 0 aromatic carbocycles. The van der Waals surface area contributed by atoms with Crippen LogP contribution in [0.25, 0.3) is 0 Å². The van der Waals surface area contributed by atoms with Crippen LogP contribution < -0.4 is 16.3 Å². The molecule has 0 aromatic rings. The Bertz CT molecular complexity index is 623. The third-order valence-electron chi connectivity index (χ3n) is 3.98.